The Morgan fingerprint density at radius 2 is 1.77 bits per heavy atom. The number of nitrogens with zero attached hydrogens (tertiary/aromatic N) is 2. The van der Waals surface area contributed by atoms with E-state index in [-0.39, 0.29) is 29.2 Å². The summed E-state index contributed by atoms with van der Waals surface area (Å²) in [5.41, 5.74) is 11.4. The highest BCUT2D eigenvalue weighted by atomic mass is 19.1. The van der Waals surface area contributed by atoms with E-state index in [1.54, 1.807) is 12.1 Å². The Hall–Kier alpha value is -2.96. The lowest BCUT2D eigenvalue weighted by atomic mass is 9.49. The molecule has 2 aromatic carbocycles. The van der Waals surface area contributed by atoms with Crippen LogP contribution in [0.1, 0.15) is 50.8 Å². The van der Waals surface area contributed by atoms with Crippen LogP contribution in [-0.2, 0) is 12.8 Å². The molecular formula is C33H40FN3O2. The second kappa shape index (κ2) is 9.90. The monoisotopic (exact) mass is 529 g/mol. The highest BCUT2D eigenvalue weighted by Gasteiger charge is 2.56. The van der Waals surface area contributed by atoms with Crippen LogP contribution < -0.4 is 10.5 Å². The van der Waals surface area contributed by atoms with Crippen LogP contribution in [0.25, 0.3) is 5.69 Å². The fourth-order valence-corrected chi connectivity index (χ4v) is 8.27. The van der Waals surface area contributed by atoms with Crippen molar-refractivity contribution in [3.05, 3.63) is 84.0 Å². The average molecular weight is 530 g/mol. The minimum absolute atomic E-state index is 0.0300. The fourth-order valence-electron chi connectivity index (χ4n) is 8.27. The molecule has 0 aliphatic heterocycles. The second-order valence-corrected chi connectivity index (χ2v) is 12.6. The summed E-state index contributed by atoms with van der Waals surface area (Å²) in [6, 6.07) is 13.8. The molecule has 1 heterocycles. The molecule has 2 fully saturated rings. The van der Waals surface area contributed by atoms with Gasteiger partial charge in [0.15, 0.2) is 0 Å². The number of fused-ring (bicyclic) bond motifs is 2. The van der Waals surface area contributed by atoms with Crippen molar-refractivity contribution in [1.82, 2.24) is 9.78 Å². The van der Waals surface area contributed by atoms with Crippen molar-refractivity contribution in [3.63, 3.8) is 0 Å². The number of hydrogen-bond acceptors (Lipinski definition) is 4. The molecule has 39 heavy (non-hydrogen) atoms. The Morgan fingerprint density at radius 3 is 2.44 bits per heavy atom. The molecule has 2 saturated carbocycles. The molecule has 0 spiro atoms. The fraction of sp³-hybridized carbons (Fsp3) is 0.485. The van der Waals surface area contributed by atoms with Gasteiger partial charge in [0.1, 0.15) is 17.3 Å². The van der Waals surface area contributed by atoms with Gasteiger partial charge in [0.2, 0.25) is 0 Å². The molecule has 0 amide bonds. The Morgan fingerprint density at radius 1 is 1.08 bits per heavy atom. The van der Waals surface area contributed by atoms with Crippen LogP contribution in [0, 0.1) is 40.3 Å². The normalized spacial score (nSPS) is 32.1. The molecule has 1 aromatic heterocycles. The number of aliphatic hydroxyl groups excluding tert-OH is 1. The first-order valence-electron chi connectivity index (χ1n) is 14.4. The predicted octanol–water partition coefficient (Wildman–Crippen LogP) is 6.47. The first kappa shape index (κ1) is 26.3. The molecule has 0 radical (unpaired) electrons. The standard InChI is InChI=1S/C33H40FN3O2/c1-21-4-13-29-28(18-35)30(14-15-32(21,29)2)33(3)17-22-19-37(36-31(22)16-23(33)20-38)25-7-11-27(12-8-25)39-26-9-5-24(34)6-10-26/h5-12,19,23,28-30,38H,1,4,13-18,20,35H2,2-3H3/t23-,28?,29?,30?,32?,33-/m1/s1. The number of ether oxygens (including phenoxy) is 1. The SMILES string of the molecule is C=C1CCC2C(CN)C([C@]3(C)Cc4cn(-c5ccc(Oc6ccc(F)cc6)cc5)nc4C[C@@H]3CO)CCC12C. The molecule has 6 rings (SSSR count). The quantitative estimate of drug-likeness (QED) is 0.359. The van der Waals surface area contributed by atoms with Gasteiger partial charge < -0.3 is 15.6 Å². The van der Waals surface area contributed by atoms with Gasteiger partial charge in [0.25, 0.3) is 0 Å². The minimum atomic E-state index is -0.287. The second-order valence-electron chi connectivity index (χ2n) is 12.6. The summed E-state index contributed by atoms with van der Waals surface area (Å²) < 4.78 is 21.0. The molecule has 3 aliphatic rings. The van der Waals surface area contributed by atoms with E-state index in [2.05, 4.69) is 26.6 Å². The number of halogens is 1. The number of aromatic nitrogens is 2. The van der Waals surface area contributed by atoms with Crippen molar-refractivity contribution in [3.8, 4) is 17.2 Å². The molecule has 5 nitrogen and oxygen atoms in total. The number of allylic oxidation sites excluding steroid dienone is 1. The van der Waals surface area contributed by atoms with Crippen molar-refractivity contribution in [2.24, 2.45) is 40.2 Å². The van der Waals surface area contributed by atoms with Gasteiger partial charge in [-0.15, -0.1) is 0 Å². The molecule has 3 N–H and O–H groups in total. The molecule has 4 unspecified atom stereocenters. The van der Waals surface area contributed by atoms with Crippen LogP contribution >= 0.6 is 0 Å². The van der Waals surface area contributed by atoms with Gasteiger partial charge in [-0.2, -0.15) is 5.10 Å². The van der Waals surface area contributed by atoms with E-state index in [9.17, 15) is 9.50 Å². The highest BCUT2D eigenvalue weighted by molar-refractivity contribution is 5.40. The minimum Gasteiger partial charge on any atom is -0.457 e. The molecule has 0 bridgehead atoms. The Balaban J connectivity index is 1.24. The van der Waals surface area contributed by atoms with Crippen LogP contribution in [0.15, 0.2) is 66.9 Å². The van der Waals surface area contributed by atoms with Crippen molar-refractivity contribution in [2.75, 3.05) is 13.2 Å². The van der Waals surface area contributed by atoms with Crippen molar-refractivity contribution in [2.45, 2.75) is 52.4 Å². The van der Waals surface area contributed by atoms with Crippen LogP contribution in [0.2, 0.25) is 0 Å². The van der Waals surface area contributed by atoms with Gasteiger partial charge in [-0.3, -0.25) is 0 Å². The number of hydrogen-bond donors (Lipinski definition) is 2. The Bertz CT molecular complexity index is 1350. The van der Waals surface area contributed by atoms with Crippen molar-refractivity contribution >= 4 is 0 Å². The number of rotatable bonds is 6. The van der Waals surface area contributed by atoms with Crippen molar-refractivity contribution < 1.29 is 14.2 Å². The topological polar surface area (TPSA) is 73.3 Å². The van der Waals surface area contributed by atoms with E-state index >= 15 is 0 Å². The molecule has 6 atom stereocenters. The summed E-state index contributed by atoms with van der Waals surface area (Å²) in [6.45, 7) is 10.1. The summed E-state index contributed by atoms with van der Waals surface area (Å²) in [5.74, 6) is 2.66. The molecule has 3 aliphatic carbocycles. The molecule has 6 heteroatoms. The molecule has 206 valence electrons. The summed E-state index contributed by atoms with van der Waals surface area (Å²) in [6.07, 6.45) is 8.48. The first-order valence-corrected chi connectivity index (χ1v) is 14.4. The molecule has 0 saturated heterocycles. The van der Waals surface area contributed by atoms with Gasteiger partial charge in [-0.25, -0.2) is 9.07 Å². The van der Waals surface area contributed by atoms with Crippen LogP contribution in [0.4, 0.5) is 4.39 Å². The van der Waals surface area contributed by atoms with Gasteiger partial charge in [0.05, 0.1) is 11.4 Å². The maximum atomic E-state index is 13.2. The van der Waals surface area contributed by atoms with Crippen LogP contribution in [0.5, 0.6) is 11.5 Å². The summed E-state index contributed by atoms with van der Waals surface area (Å²) >= 11 is 0. The zero-order chi connectivity index (χ0) is 27.4. The zero-order valence-corrected chi connectivity index (χ0v) is 23.1. The third-order valence-corrected chi connectivity index (χ3v) is 10.7. The number of benzene rings is 2. The Kier molecular flexibility index (Phi) is 6.67. The van der Waals surface area contributed by atoms with Crippen molar-refractivity contribution in [1.29, 1.82) is 0 Å². The van der Waals surface area contributed by atoms with Gasteiger partial charge in [-0.05, 0) is 134 Å². The van der Waals surface area contributed by atoms with Gasteiger partial charge >= 0.3 is 0 Å². The third kappa shape index (κ3) is 4.42. The lowest BCUT2D eigenvalue weighted by Gasteiger charge is -2.55. The van der Waals surface area contributed by atoms with E-state index in [0.717, 1.165) is 37.1 Å². The van der Waals surface area contributed by atoms with Crippen LogP contribution in [0.3, 0.4) is 0 Å². The summed E-state index contributed by atoms with van der Waals surface area (Å²) in [7, 11) is 0. The van der Waals surface area contributed by atoms with Crippen LogP contribution in [-0.4, -0.2) is 28.0 Å². The van der Waals surface area contributed by atoms with Gasteiger partial charge in [0, 0.05) is 12.8 Å². The largest absolute Gasteiger partial charge is 0.457 e. The maximum absolute atomic E-state index is 13.2. The number of aliphatic hydroxyl groups is 1. The molecule has 3 aromatic rings. The molecular weight excluding hydrogens is 489 g/mol. The van der Waals surface area contributed by atoms with Gasteiger partial charge in [-0.1, -0.05) is 26.0 Å². The zero-order valence-electron chi connectivity index (χ0n) is 23.1. The Labute approximate surface area is 230 Å². The number of nitrogens with two attached hydrogens (primary N) is 1. The highest BCUT2D eigenvalue weighted by Crippen LogP contribution is 2.62. The smallest absolute Gasteiger partial charge is 0.127 e. The lowest BCUT2D eigenvalue weighted by molar-refractivity contribution is -0.0536. The van der Waals surface area contributed by atoms with E-state index < -0.39 is 0 Å². The predicted molar refractivity (Wildman–Crippen MR) is 151 cm³/mol. The third-order valence-electron chi connectivity index (χ3n) is 10.7. The van der Waals surface area contributed by atoms with E-state index in [1.807, 2.05) is 28.9 Å². The maximum Gasteiger partial charge on any atom is 0.127 e. The lowest BCUT2D eigenvalue weighted by Crippen LogP contribution is -2.53. The summed E-state index contributed by atoms with van der Waals surface area (Å²) in [4.78, 5) is 0. The first-order chi connectivity index (χ1) is 18.7. The average Bonchev–Trinajstić information content (AvgIpc) is 3.48. The van der Waals surface area contributed by atoms with E-state index in [0.29, 0.717) is 35.8 Å². The van der Waals surface area contributed by atoms with E-state index in [4.69, 9.17) is 15.6 Å². The summed E-state index contributed by atoms with van der Waals surface area (Å²) in [5, 5.41) is 15.6. The van der Waals surface area contributed by atoms with E-state index in [1.165, 1.54) is 36.1 Å².